The number of alkyl halides is 2. The van der Waals surface area contributed by atoms with Gasteiger partial charge in [0.25, 0.3) is 0 Å². The Balaban J connectivity index is 2.93. The summed E-state index contributed by atoms with van der Waals surface area (Å²) >= 11 is 0. The van der Waals surface area contributed by atoms with Crippen molar-refractivity contribution in [1.29, 1.82) is 0 Å². The average Bonchev–Trinajstić information content (AvgIpc) is 1.68. The minimum Gasteiger partial charge on any atom is -0.205 e. The largest absolute Gasteiger partial charge is 0.323 e. The summed E-state index contributed by atoms with van der Waals surface area (Å²) in [5.41, 5.74) is -0.449. The summed E-state index contributed by atoms with van der Waals surface area (Å²) in [7, 11) is 0. The van der Waals surface area contributed by atoms with Crippen molar-refractivity contribution >= 4 is 0 Å². The van der Waals surface area contributed by atoms with Crippen LogP contribution in [0.5, 0.6) is 0 Å². The number of hydrogen-bond donors (Lipinski definition) is 0. The minimum atomic E-state index is -3.36. The Kier molecular flexibility index (Phi) is 0.782. The third kappa shape index (κ3) is 0.412. The molecule has 44 valence electrons. The average molecular weight is 120 g/mol. The van der Waals surface area contributed by atoms with E-state index in [9.17, 15) is 13.2 Å². The molecule has 0 heterocycles. The molecule has 0 fully saturated rings. The lowest BCUT2D eigenvalue weighted by molar-refractivity contribution is 0.0445. The molecule has 0 aromatic heterocycles. The zero-order valence-corrected chi connectivity index (χ0v) is 3.92. The van der Waals surface area contributed by atoms with Gasteiger partial charge in [0.05, 0.1) is 0 Å². The highest BCUT2D eigenvalue weighted by molar-refractivity contribution is 5.43. The fourth-order valence-electron chi connectivity index (χ4n) is 0.410. The van der Waals surface area contributed by atoms with Crippen molar-refractivity contribution < 1.29 is 13.2 Å². The second-order valence-electron chi connectivity index (χ2n) is 1.59. The molecule has 0 atom stereocenters. The topological polar surface area (TPSA) is 0 Å². The van der Waals surface area contributed by atoms with Crippen molar-refractivity contribution in [2.75, 3.05) is 0 Å². The molecule has 0 saturated carbocycles. The van der Waals surface area contributed by atoms with Crippen LogP contribution in [0.15, 0.2) is 24.1 Å². The Morgan fingerprint density at radius 2 is 2.00 bits per heavy atom. The van der Waals surface area contributed by atoms with E-state index in [0.29, 0.717) is 0 Å². The van der Waals surface area contributed by atoms with Crippen molar-refractivity contribution in [3.63, 3.8) is 0 Å². The van der Waals surface area contributed by atoms with Crippen LogP contribution < -0.4 is 0 Å². The lowest BCUT2D eigenvalue weighted by Crippen LogP contribution is -2.26. The van der Waals surface area contributed by atoms with E-state index in [0.717, 1.165) is 6.08 Å². The highest BCUT2D eigenvalue weighted by atomic mass is 19.3. The molecule has 0 radical (unpaired) electrons. The lowest BCUT2D eigenvalue weighted by atomic mass is 9.99. The fraction of sp³-hybridized carbons (Fsp3) is 0.200. The molecule has 0 spiro atoms. The van der Waals surface area contributed by atoms with E-state index in [1.54, 1.807) is 0 Å². The standard InChI is InChI=1S/C5H3F3/c1-3-2-4(6)5(3,7)8/h2H,1H2. The predicted octanol–water partition coefficient (Wildman–Crippen LogP) is 2.04. The first-order valence-electron chi connectivity index (χ1n) is 2.00. The van der Waals surface area contributed by atoms with Crippen LogP contribution in [0.25, 0.3) is 0 Å². The van der Waals surface area contributed by atoms with Crippen molar-refractivity contribution in [3.8, 4) is 0 Å². The van der Waals surface area contributed by atoms with Gasteiger partial charge in [0.1, 0.15) is 0 Å². The third-order valence-electron chi connectivity index (χ3n) is 1.00. The zero-order valence-electron chi connectivity index (χ0n) is 3.92. The molecule has 0 nitrogen and oxygen atoms in total. The lowest BCUT2D eigenvalue weighted by Gasteiger charge is -2.22. The van der Waals surface area contributed by atoms with Gasteiger partial charge in [-0.3, -0.25) is 0 Å². The van der Waals surface area contributed by atoms with Gasteiger partial charge < -0.3 is 0 Å². The summed E-state index contributed by atoms with van der Waals surface area (Å²) in [6.07, 6.45) is 0.722. The van der Waals surface area contributed by atoms with Crippen molar-refractivity contribution in [2.45, 2.75) is 5.92 Å². The molecule has 1 aliphatic rings. The molecule has 1 aliphatic carbocycles. The summed E-state index contributed by atoms with van der Waals surface area (Å²) in [6.45, 7) is 2.90. The van der Waals surface area contributed by atoms with Gasteiger partial charge in [-0.1, -0.05) is 6.58 Å². The van der Waals surface area contributed by atoms with Gasteiger partial charge in [-0.15, -0.1) is 0 Å². The predicted molar refractivity (Wildman–Crippen MR) is 23.3 cm³/mol. The van der Waals surface area contributed by atoms with Crippen molar-refractivity contribution in [1.82, 2.24) is 0 Å². The summed E-state index contributed by atoms with van der Waals surface area (Å²) in [5, 5.41) is 0. The van der Waals surface area contributed by atoms with Gasteiger partial charge in [-0.25, -0.2) is 4.39 Å². The summed E-state index contributed by atoms with van der Waals surface area (Å²) < 4.78 is 35.2. The smallest absolute Gasteiger partial charge is 0.205 e. The minimum absolute atomic E-state index is 0.449. The molecule has 3 heteroatoms. The van der Waals surface area contributed by atoms with Gasteiger partial charge in [-0.2, -0.15) is 8.78 Å². The van der Waals surface area contributed by atoms with Crippen molar-refractivity contribution in [2.24, 2.45) is 0 Å². The van der Waals surface area contributed by atoms with E-state index in [-0.39, 0.29) is 0 Å². The Morgan fingerprint density at radius 1 is 1.50 bits per heavy atom. The molecule has 0 saturated heterocycles. The summed E-state index contributed by atoms with van der Waals surface area (Å²) in [5.74, 6) is -4.75. The van der Waals surface area contributed by atoms with Gasteiger partial charge in [-0.05, 0) is 6.08 Å². The van der Waals surface area contributed by atoms with E-state index >= 15 is 0 Å². The second kappa shape index (κ2) is 1.16. The van der Waals surface area contributed by atoms with Crippen LogP contribution in [0, 0.1) is 0 Å². The van der Waals surface area contributed by atoms with E-state index in [2.05, 4.69) is 6.58 Å². The van der Waals surface area contributed by atoms with E-state index in [1.807, 2.05) is 0 Å². The first kappa shape index (κ1) is 5.41. The molecule has 0 bridgehead atoms. The van der Waals surface area contributed by atoms with Crippen LogP contribution >= 0.6 is 0 Å². The van der Waals surface area contributed by atoms with Gasteiger partial charge in [0.15, 0.2) is 5.83 Å². The van der Waals surface area contributed by atoms with Crippen LogP contribution in [0.3, 0.4) is 0 Å². The molecule has 0 aromatic carbocycles. The highest BCUT2D eigenvalue weighted by Crippen LogP contribution is 2.41. The van der Waals surface area contributed by atoms with E-state index in [4.69, 9.17) is 0 Å². The molecular weight excluding hydrogens is 117 g/mol. The maximum atomic E-state index is 11.8. The number of rotatable bonds is 0. The Hall–Kier alpha value is -0.730. The molecule has 0 N–H and O–H groups in total. The van der Waals surface area contributed by atoms with Crippen LogP contribution in [-0.4, -0.2) is 5.92 Å². The molecular formula is C5H3F3. The Bertz CT molecular complexity index is 167. The molecule has 0 unspecified atom stereocenters. The number of hydrogen-bond acceptors (Lipinski definition) is 0. The maximum absolute atomic E-state index is 11.8. The first-order valence-corrected chi connectivity index (χ1v) is 2.00. The normalized spacial score (nSPS) is 24.4. The van der Waals surface area contributed by atoms with Crippen LogP contribution in [-0.2, 0) is 0 Å². The quantitative estimate of drug-likeness (QED) is 0.459. The monoisotopic (exact) mass is 120 g/mol. The Morgan fingerprint density at radius 3 is 2.00 bits per heavy atom. The summed E-state index contributed by atoms with van der Waals surface area (Å²) in [6, 6.07) is 0. The van der Waals surface area contributed by atoms with E-state index < -0.39 is 17.3 Å². The second-order valence-corrected chi connectivity index (χ2v) is 1.59. The maximum Gasteiger partial charge on any atom is 0.323 e. The van der Waals surface area contributed by atoms with Crippen molar-refractivity contribution in [3.05, 3.63) is 24.1 Å². The van der Waals surface area contributed by atoms with Crippen LogP contribution in [0.1, 0.15) is 0 Å². The SMILES string of the molecule is C=C1C=C(F)C1(F)F. The van der Waals surface area contributed by atoms with Gasteiger partial charge in [0, 0.05) is 5.57 Å². The fourth-order valence-corrected chi connectivity index (χ4v) is 0.410. The summed E-state index contributed by atoms with van der Waals surface area (Å²) in [4.78, 5) is 0. The third-order valence-corrected chi connectivity index (χ3v) is 1.00. The molecule has 0 aromatic rings. The van der Waals surface area contributed by atoms with Gasteiger partial charge >= 0.3 is 5.92 Å². The zero-order chi connectivity index (χ0) is 6.36. The molecule has 0 aliphatic heterocycles. The number of halogens is 3. The first-order chi connectivity index (χ1) is 3.55. The molecule has 0 amide bonds. The van der Waals surface area contributed by atoms with Crippen LogP contribution in [0.2, 0.25) is 0 Å². The Labute approximate surface area is 44.3 Å². The number of allylic oxidation sites excluding steroid dienone is 3. The van der Waals surface area contributed by atoms with E-state index in [1.165, 1.54) is 0 Å². The molecule has 1 rings (SSSR count). The molecule has 8 heavy (non-hydrogen) atoms. The highest BCUT2D eigenvalue weighted by Gasteiger charge is 2.45. The van der Waals surface area contributed by atoms with Crippen LogP contribution in [0.4, 0.5) is 13.2 Å². The van der Waals surface area contributed by atoms with Gasteiger partial charge in [0.2, 0.25) is 0 Å².